The van der Waals surface area contributed by atoms with E-state index in [1.54, 1.807) is 11.8 Å². The molecule has 0 aromatic heterocycles. The Balaban J connectivity index is 2.48. The molecule has 7 heavy (non-hydrogen) atoms. The minimum Gasteiger partial charge on any atom is -0.278 e. The Labute approximate surface area is 51.8 Å². The van der Waals surface area contributed by atoms with Crippen molar-refractivity contribution in [3.63, 3.8) is 0 Å². The van der Waals surface area contributed by atoms with Gasteiger partial charge in [0.25, 0.3) is 0 Å². The molecule has 0 bridgehead atoms. The molecule has 1 heterocycles. The number of thiol groups is 1. The molecule has 1 amide bonds. The summed E-state index contributed by atoms with van der Waals surface area (Å²) in [6, 6.07) is 0. The summed E-state index contributed by atoms with van der Waals surface area (Å²) in [5, 5.41) is 0. The van der Waals surface area contributed by atoms with Crippen molar-refractivity contribution in [2.75, 3.05) is 11.6 Å². The summed E-state index contributed by atoms with van der Waals surface area (Å²) in [5.74, 6) is 1.46. The lowest BCUT2D eigenvalue weighted by molar-refractivity contribution is -0.122. The third-order valence-corrected chi connectivity index (χ3v) is 2.17. The van der Waals surface area contributed by atoms with Gasteiger partial charge in [0.05, 0.1) is 11.6 Å². The summed E-state index contributed by atoms with van der Waals surface area (Å²) in [5.41, 5.74) is 0. The van der Waals surface area contributed by atoms with Crippen molar-refractivity contribution in [3.8, 4) is 0 Å². The van der Waals surface area contributed by atoms with Crippen LogP contribution < -0.4 is 0 Å². The molecule has 0 radical (unpaired) electrons. The molecule has 0 N–H and O–H groups in total. The van der Waals surface area contributed by atoms with E-state index in [4.69, 9.17) is 0 Å². The van der Waals surface area contributed by atoms with Crippen molar-refractivity contribution in [3.05, 3.63) is 0 Å². The summed E-state index contributed by atoms with van der Waals surface area (Å²) in [4.78, 5) is 10.4. The second-order valence-corrected chi connectivity index (χ2v) is 2.71. The highest BCUT2D eigenvalue weighted by molar-refractivity contribution is 8.01. The third kappa shape index (κ3) is 1.04. The van der Waals surface area contributed by atoms with Gasteiger partial charge in [-0.2, -0.15) is 0 Å². The summed E-state index contributed by atoms with van der Waals surface area (Å²) in [7, 11) is 0. The molecule has 0 atom stereocenters. The van der Waals surface area contributed by atoms with E-state index >= 15 is 0 Å². The maximum absolute atomic E-state index is 10.4. The van der Waals surface area contributed by atoms with Gasteiger partial charge in [-0.1, -0.05) is 12.8 Å². The highest BCUT2D eigenvalue weighted by Gasteiger charge is 2.16. The lowest BCUT2D eigenvalue weighted by Crippen LogP contribution is -2.13. The van der Waals surface area contributed by atoms with Crippen LogP contribution in [0.25, 0.3) is 0 Å². The summed E-state index contributed by atoms with van der Waals surface area (Å²) in [6.07, 6.45) is 0. The molecule has 0 aliphatic carbocycles. The zero-order chi connectivity index (χ0) is 5.28. The van der Waals surface area contributed by atoms with Crippen molar-refractivity contribution >= 4 is 30.5 Å². The number of carbonyl (C=O) groups is 1. The summed E-state index contributed by atoms with van der Waals surface area (Å²) in [6.45, 7) is 0. The van der Waals surface area contributed by atoms with Crippen LogP contribution in [0, 0.1) is 0 Å². The van der Waals surface area contributed by atoms with Gasteiger partial charge in [0.1, 0.15) is 0 Å². The first-order valence-electron chi connectivity index (χ1n) is 1.87. The van der Waals surface area contributed by atoms with Crippen molar-refractivity contribution in [1.29, 1.82) is 0 Å². The van der Waals surface area contributed by atoms with Crippen molar-refractivity contribution in [2.24, 2.45) is 0 Å². The van der Waals surface area contributed by atoms with Crippen LogP contribution in [-0.2, 0) is 4.79 Å². The first kappa shape index (κ1) is 5.31. The molecular formula is C3H5NOS2. The molecule has 0 saturated carbocycles. The van der Waals surface area contributed by atoms with E-state index in [9.17, 15) is 4.79 Å². The van der Waals surface area contributed by atoms with Gasteiger partial charge in [0.15, 0.2) is 0 Å². The molecule has 1 aliphatic rings. The Hall–Kier alpha value is 0.170. The summed E-state index contributed by atoms with van der Waals surface area (Å²) < 4.78 is 1.42. The number of nitrogens with zero attached hydrogens (tertiary/aromatic N) is 1. The summed E-state index contributed by atoms with van der Waals surface area (Å²) >= 11 is 5.44. The first-order chi connectivity index (χ1) is 3.30. The van der Waals surface area contributed by atoms with Crippen LogP contribution >= 0.6 is 24.6 Å². The van der Waals surface area contributed by atoms with Gasteiger partial charge in [-0.25, -0.2) is 0 Å². The lowest BCUT2D eigenvalue weighted by Gasteiger charge is -1.99. The Morgan fingerprint density at radius 2 is 2.57 bits per heavy atom. The molecule has 0 spiro atoms. The largest absolute Gasteiger partial charge is 0.278 e. The van der Waals surface area contributed by atoms with Crippen LogP contribution in [0.15, 0.2) is 0 Å². The van der Waals surface area contributed by atoms with Gasteiger partial charge in [-0.3, -0.25) is 9.10 Å². The Kier molecular flexibility index (Phi) is 1.49. The smallest absolute Gasteiger partial charge is 0.243 e. The number of amides is 1. The molecule has 4 heteroatoms. The van der Waals surface area contributed by atoms with Crippen LogP contribution in [0.4, 0.5) is 0 Å². The fourth-order valence-electron chi connectivity index (χ4n) is 0.366. The van der Waals surface area contributed by atoms with Crippen LogP contribution in [-0.4, -0.2) is 21.8 Å². The number of hydrogen-bond donors (Lipinski definition) is 1. The van der Waals surface area contributed by atoms with E-state index < -0.39 is 0 Å². The lowest BCUT2D eigenvalue weighted by atomic mass is 10.7. The molecular weight excluding hydrogens is 130 g/mol. The van der Waals surface area contributed by atoms with Crippen LogP contribution in [0.5, 0.6) is 0 Å². The second kappa shape index (κ2) is 1.96. The minimum absolute atomic E-state index is 0.119. The predicted octanol–water partition coefficient (Wildman–Crippen LogP) is 0.364. The van der Waals surface area contributed by atoms with E-state index in [0.717, 1.165) is 5.88 Å². The van der Waals surface area contributed by atoms with Gasteiger partial charge in [0, 0.05) is 0 Å². The Morgan fingerprint density at radius 3 is 2.71 bits per heavy atom. The molecule has 1 rings (SSSR count). The third-order valence-electron chi connectivity index (χ3n) is 0.727. The normalized spacial score (nSPS) is 21.3. The zero-order valence-corrected chi connectivity index (χ0v) is 5.34. The molecule has 0 aromatic rings. The van der Waals surface area contributed by atoms with E-state index in [0.29, 0.717) is 5.75 Å². The van der Waals surface area contributed by atoms with Gasteiger partial charge >= 0.3 is 0 Å². The fraction of sp³-hybridized carbons (Fsp3) is 0.667. The topological polar surface area (TPSA) is 20.3 Å². The van der Waals surface area contributed by atoms with Crippen LogP contribution in [0.3, 0.4) is 0 Å². The predicted molar refractivity (Wildman–Crippen MR) is 33.2 cm³/mol. The number of hydrogen-bond acceptors (Lipinski definition) is 3. The zero-order valence-electron chi connectivity index (χ0n) is 3.63. The molecule has 40 valence electrons. The molecule has 2 nitrogen and oxygen atoms in total. The molecule has 0 unspecified atom stereocenters. The average molecular weight is 135 g/mol. The van der Waals surface area contributed by atoms with E-state index in [1.165, 1.54) is 4.31 Å². The quantitative estimate of drug-likeness (QED) is 0.484. The fourth-order valence-corrected chi connectivity index (χ4v) is 1.52. The molecule has 1 fully saturated rings. The van der Waals surface area contributed by atoms with Gasteiger partial charge < -0.3 is 0 Å². The Morgan fingerprint density at radius 1 is 1.86 bits per heavy atom. The molecule has 1 aliphatic heterocycles. The highest BCUT2D eigenvalue weighted by Crippen LogP contribution is 2.15. The van der Waals surface area contributed by atoms with Crippen molar-refractivity contribution < 1.29 is 4.79 Å². The molecule has 1 saturated heterocycles. The Bertz CT molecular complexity index is 94.9. The standard InChI is InChI=1S/C3H5NOS2/c5-3-1-7-2-4(3)6/h6H,1-2H2. The van der Waals surface area contributed by atoms with Gasteiger partial charge in [-0.05, 0) is 0 Å². The number of rotatable bonds is 0. The van der Waals surface area contributed by atoms with Crippen LogP contribution in [0.1, 0.15) is 0 Å². The second-order valence-electron chi connectivity index (χ2n) is 1.27. The van der Waals surface area contributed by atoms with Crippen LogP contribution in [0.2, 0.25) is 0 Å². The SMILES string of the molecule is O=C1CSCN1S. The minimum atomic E-state index is 0.119. The van der Waals surface area contributed by atoms with Crippen molar-refractivity contribution in [1.82, 2.24) is 4.31 Å². The highest BCUT2D eigenvalue weighted by atomic mass is 32.2. The van der Waals surface area contributed by atoms with E-state index in [2.05, 4.69) is 12.8 Å². The van der Waals surface area contributed by atoms with E-state index in [-0.39, 0.29) is 5.91 Å². The number of thioether (sulfide) groups is 1. The monoisotopic (exact) mass is 135 g/mol. The maximum atomic E-state index is 10.4. The number of carbonyl (C=O) groups excluding carboxylic acids is 1. The molecule has 0 aromatic carbocycles. The maximum Gasteiger partial charge on any atom is 0.243 e. The van der Waals surface area contributed by atoms with Gasteiger partial charge in [0.2, 0.25) is 5.91 Å². The van der Waals surface area contributed by atoms with E-state index in [1.807, 2.05) is 0 Å². The first-order valence-corrected chi connectivity index (χ1v) is 3.43. The van der Waals surface area contributed by atoms with Crippen molar-refractivity contribution in [2.45, 2.75) is 0 Å². The average Bonchev–Trinajstić information content (AvgIpc) is 1.91. The van der Waals surface area contributed by atoms with Gasteiger partial charge in [-0.15, -0.1) is 11.8 Å².